The topological polar surface area (TPSA) is 89.5 Å². The molecule has 182 valence electrons. The Hall–Kier alpha value is -3.81. The number of carbonyl (C=O) groups is 1. The fraction of sp³-hybridized carbons (Fsp3) is 0.148. The van der Waals surface area contributed by atoms with Gasteiger partial charge in [-0.15, -0.1) is 0 Å². The summed E-state index contributed by atoms with van der Waals surface area (Å²) in [4.78, 5) is 36.9. The minimum atomic E-state index is -0.470. The van der Waals surface area contributed by atoms with Gasteiger partial charge in [0.15, 0.2) is 0 Å². The molecule has 2 heterocycles. The van der Waals surface area contributed by atoms with Crippen LogP contribution in [0.25, 0.3) is 22.9 Å². The number of aliphatic hydroxyl groups is 1. The molecule has 0 saturated carbocycles. The first-order valence-corrected chi connectivity index (χ1v) is 12.1. The van der Waals surface area contributed by atoms with Crippen molar-refractivity contribution in [3.05, 3.63) is 104 Å². The molecule has 0 aliphatic carbocycles. The maximum Gasteiger partial charge on any atom is 0.274 e. The summed E-state index contributed by atoms with van der Waals surface area (Å²) in [6.45, 7) is 2.55. The van der Waals surface area contributed by atoms with Gasteiger partial charge in [0.2, 0.25) is 0 Å². The van der Waals surface area contributed by atoms with Crippen molar-refractivity contribution in [2.75, 3.05) is 31.1 Å². The molecule has 9 heteroatoms. The molecule has 0 radical (unpaired) electrons. The molecule has 7 nitrogen and oxygen atoms in total. The van der Waals surface area contributed by atoms with Gasteiger partial charge in [0, 0.05) is 59.1 Å². The van der Waals surface area contributed by atoms with E-state index in [-0.39, 0.29) is 17.4 Å². The normalized spacial score (nSPS) is 14.3. The summed E-state index contributed by atoms with van der Waals surface area (Å²) in [7, 11) is 0. The maximum absolute atomic E-state index is 13.1. The average Bonchev–Trinajstić information content (AvgIpc) is 2.89. The summed E-state index contributed by atoms with van der Waals surface area (Å²) in [5, 5.41) is 11.6. The van der Waals surface area contributed by atoms with Crippen molar-refractivity contribution in [1.29, 1.82) is 0 Å². The molecule has 1 fully saturated rings. The van der Waals surface area contributed by atoms with Crippen molar-refractivity contribution >= 4 is 57.7 Å². The molecule has 0 unspecified atom stereocenters. The maximum atomic E-state index is 13.1. The second kappa shape index (κ2) is 10.0. The Bertz CT molecular complexity index is 1520. The molecule has 36 heavy (non-hydrogen) atoms. The average molecular weight is 521 g/mol. The Morgan fingerprint density at radius 2 is 1.64 bits per heavy atom. The Balaban J connectivity index is 1.33. The monoisotopic (exact) mass is 520 g/mol. The Kier molecular flexibility index (Phi) is 6.67. The van der Waals surface area contributed by atoms with Gasteiger partial charge in [-0.25, -0.2) is 4.98 Å². The Morgan fingerprint density at radius 1 is 0.917 bits per heavy atom. The highest BCUT2D eigenvalue weighted by Gasteiger charge is 2.23. The number of nitrogens with one attached hydrogen (secondary N) is 1. The molecular weight excluding hydrogens is 499 g/mol. The van der Waals surface area contributed by atoms with Crippen molar-refractivity contribution in [3.63, 3.8) is 0 Å². The van der Waals surface area contributed by atoms with Gasteiger partial charge in [-0.1, -0.05) is 29.3 Å². The first kappa shape index (κ1) is 23.9. The summed E-state index contributed by atoms with van der Waals surface area (Å²) in [5.74, 6) is -0.208. The first-order valence-electron chi connectivity index (χ1n) is 11.4. The lowest BCUT2D eigenvalue weighted by Gasteiger charge is -2.36. The van der Waals surface area contributed by atoms with Crippen LogP contribution >= 0.6 is 23.2 Å². The number of hydrogen-bond donors (Lipinski definition) is 2. The minimum Gasteiger partial charge on any atom is -0.507 e. The number of aromatic amines is 1. The van der Waals surface area contributed by atoms with E-state index in [1.165, 1.54) is 6.08 Å². The Labute approximate surface area is 217 Å². The van der Waals surface area contributed by atoms with Crippen LogP contribution in [0.5, 0.6) is 0 Å². The van der Waals surface area contributed by atoms with E-state index in [0.29, 0.717) is 58.4 Å². The second-order valence-electron chi connectivity index (χ2n) is 8.48. The van der Waals surface area contributed by atoms with Crippen molar-refractivity contribution in [2.24, 2.45) is 0 Å². The van der Waals surface area contributed by atoms with Gasteiger partial charge in [0.1, 0.15) is 11.5 Å². The van der Waals surface area contributed by atoms with Crippen LogP contribution in [0.2, 0.25) is 10.0 Å². The molecule has 1 aliphatic rings. The molecule has 0 atom stereocenters. The summed E-state index contributed by atoms with van der Waals surface area (Å²) in [6.07, 6.45) is 1.31. The van der Waals surface area contributed by atoms with Crippen molar-refractivity contribution < 1.29 is 9.90 Å². The van der Waals surface area contributed by atoms with E-state index < -0.39 is 5.56 Å². The van der Waals surface area contributed by atoms with Crippen molar-refractivity contribution in [3.8, 4) is 0 Å². The smallest absolute Gasteiger partial charge is 0.274 e. The highest BCUT2D eigenvalue weighted by atomic mass is 35.5. The third kappa shape index (κ3) is 5.08. The van der Waals surface area contributed by atoms with E-state index in [0.717, 1.165) is 5.69 Å². The quantitative estimate of drug-likeness (QED) is 0.358. The molecule has 3 aromatic carbocycles. The van der Waals surface area contributed by atoms with Crippen molar-refractivity contribution in [2.45, 2.75) is 0 Å². The molecule has 1 saturated heterocycles. The molecule has 0 spiro atoms. The van der Waals surface area contributed by atoms with E-state index in [9.17, 15) is 14.7 Å². The molecule has 1 amide bonds. The molecule has 1 aromatic heterocycles. The van der Waals surface area contributed by atoms with Gasteiger partial charge >= 0.3 is 0 Å². The van der Waals surface area contributed by atoms with E-state index >= 15 is 0 Å². The highest BCUT2D eigenvalue weighted by molar-refractivity contribution is 6.31. The van der Waals surface area contributed by atoms with Crippen LogP contribution in [-0.2, 0) is 0 Å². The minimum absolute atomic E-state index is 0.0613. The number of fused-ring (bicyclic) bond motifs is 1. The molecule has 4 aromatic rings. The van der Waals surface area contributed by atoms with Crippen LogP contribution in [0.15, 0.2) is 71.5 Å². The van der Waals surface area contributed by atoms with Crippen LogP contribution in [0.3, 0.4) is 0 Å². The third-order valence-electron chi connectivity index (χ3n) is 6.12. The summed E-state index contributed by atoms with van der Waals surface area (Å²) in [6, 6.07) is 19.3. The van der Waals surface area contributed by atoms with Gasteiger partial charge in [0.25, 0.3) is 11.5 Å². The molecule has 1 aliphatic heterocycles. The third-order valence-corrected chi connectivity index (χ3v) is 6.61. The number of aromatic nitrogens is 2. The van der Waals surface area contributed by atoms with Gasteiger partial charge in [-0.05, 0) is 60.7 Å². The van der Waals surface area contributed by atoms with Crippen LogP contribution in [0.4, 0.5) is 5.69 Å². The lowest BCUT2D eigenvalue weighted by atomic mass is 10.1. The van der Waals surface area contributed by atoms with Gasteiger partial charge in [-0.3, -0.25) is 9.59 Å². The summed E-state index contributed by atoms with van der Waals surface area (Å²) < 4.78 is 0. The Morgan fingerprint density at radius 3 is 2.36 bits per heavy atom. The van der Waals surface area contributed by atoms with Crippen molar-refractivity contribution in [1.82, 2.24) is 14.9 Å². The largest absolute Gasteiger partial charge is 0.507 e. The predicted molar refractivity (Wildman–Crippen MR) is 144 cm³/mol. The fourth-order valence-corrected chi connectivity index (χ4v) is 4.50. The van der Waals surface area contributed by atoms with Crippen LogP contribution in [-0.4, -0.2) is 52.1 Å². The van der Waals surface area contributed by atoms with E-state index in [2.05, 4.69) is 14.9 Å². The van der Waals surface area contributed by atoms with Crippen LogP contribution in [0.1, 0.15) is 21.6 Å². The lowest BCUT2D eigenvalue weighted by Crippen LogP contribution is -2.48. The number of anilines is 1. The summed E-state index contributed by atoms with van der Waals surface area (Å²) in [5.41, 5.74) is 2.57. The highest BCUT2D eigenvalue weighted by Crippen LogP contribution is 2.22. The molecule has 0 bridgehead atoms. The number of H-pyrrole nitrogens is 1. The van der Waals surface area contributed by atoms with E-state index in [4.69, 9.17) is 23.2 Å². The number of rotatable bonds is 4. The lowest BCUT2D eigenvalue weighted by molar-refractivity contribution is 0.0747. The van der Waals surface area contributed by atoms with Gasteiger partial charge in [-0.2, -0.15) is 0 Å². The summed E-state index contributed by atoms with van der Waals surface area (Å²) >= 11 is 12.0. The number of piperazine rings is 1. The standard InChI is InChI=1S/C27H22Cl2N4O3/c28-19-7-4-17(5-8-19)25(34)16-24-26(35)31-23-14-18(6-9-22(23)30-24)27(36)33-12-10-32(11-13-33)21-3-1-2-20(29)15-21/h1-9,14-16,34H,10-13H2,(H,31,35)/b25-16-. The number of halogens is 2. The predicted octanol–water partition coefficient (Wildman–Crippen LogP) is 5.25. The van der Waals surface area contributed by atoms with E-state index in [1.807, 2.05) is 24.3 Å². The number of benzene rings is 3. The molecular formula is C27H22Cl2N4O3. The zero-order valence-corrected chi connectivity index (χ0v) is 20.6. The molecule has 5 rings (SSSR count). The van der Waals surface area contributed by atoms with Crippen LogP contribution < -0.4 is 10.5 Å². The number of amides is 1. The van der Waals surface area contributed by atoms with E-state index in [1.54, 1.807) is 47.4 Å². The second-order valence-corrected chi connectivity index (χ2v) is 9.35. The SMILES string of the molecule is O=C(c1ccc2nc(/C=C(\O)c3ccc(Cl)cc3)c(=O)[nH]c2c1)N1CCN(c2cccc(Cl)c2)CC1. The molecule has 2 N–H and O–H groups in total. The number of hydrogen-bond acceptors (Lipinski definition) is 5. The fourth-order valence-electron chi connectivity index (χ4n) is 4.19. The number of carbonyl (C=O) groups excluding carboxylic acids is 1. The first-order chi connectivity index (χ1) is 17.4. The van der Waals surface area contributed by atoms with Crippen LogP contribution in [0, 0.1) is 0 Å². The van der Waals surface area contributed by atoms with Gasteiger partial charge < -0.3 is 19.9 Å². The zero-order valence-electron chi connectivity index (χ0n) is 19.1. The zero-order chi connectivity index (χ0) is 25.2. The van der Waals surface area contributed by atoms with Gasteiger partial charge in [0.05, 0.1) is 11.0 Å². The number of aliphatic hydroxyl groups excluding tert-OH is 1. The number of nitrogens with zero attached hydrogens (tertiary/aromatic N) is 3.